The third kappa shape index (κ3) is 4.02. The summed E-state index contributed by atoms with van der Waals surface area (Å²) >= 11 is 1.31. The predicted octanol–water partition coefficient (Wildman–Crippen LogP) is 2.28. The average Bonchev–Trinajstić information content (AvgIpc) is 3.02. The Kier molecular flexibility index (Phi) is 4.66. The second-order valence-corrected chi connectivity index (χ2v) is 8.79. The number of nitrogens with one attached hydrogen (secondary N) is 1. The van der Waals surface area contributed by atoms with Crippen molar-refractivity contribution in [3.63, 3.8) is 0 Å². The Labute approximate surface area is 119 Å². The second kappa shape index (κ2) is 5.91. The lowest BCUT2D eigenvalue weighted by atomic mass is 10.2. The first kappa shape index (κ1) is 15.0. The molecule has 0 saturated heterocycles. The normalized spacial score (nSPS) is 16.5. The van der Waals surface area contributed by atoms with Gasteiger partial charge in [0.05, 0.1) is 0 Å². The first-order valence-electron chi connectivity index (χ1n) is 6.66. The molecule has 2 rings (SSSR count). The van der Waals surface area contributed by atoms with Crippen molar-refractivity contribution < 1.29 is 8.42 Å². The zero-order chi connectivity index (χ0) is 14.0. The maximum Gasteiger partial charge on any atom is 0.252 e. The molecule has 0 radical (unpaired) electrons. The Morgan fingerprint density at radius 3 is 2.74 bits per heavy atom. The van der Waals surface area contributed by atoms with Gasteiger partial charge in [0.25, 0.3) is 10.0 Å². The maximum atomic E-state index is 12.3. The first-order valence-corrected chi connectivity index (χ1v) is 8.98. The minimum absolute atomic E-state index is 0.329. The van der Waals surface area contributed by atoms with Gasteiger partial charge in [-0.05, 0) is 35.8 Å². The van der Waals surface area contributed by atoms with Gasteiger partial charge in [-0.25, -0.2) is 8.42 Å². The number of hydrogen-bond acceptors (Lipinski definition) is 4. The van der Waals surface area contributed by atoms with Gasteiger partial charge in [0.2, 0.25) is 0 Å². The Hall–Kier alpha value is -0.430. The fourth-order valence-electron chi connectivity index (χ4n) is 1.90. The summed E-state index contributed by atoms with van der Waals surface area (Å²) < 4.78 is 26.6. The smallest absolute Gasteiger partial charge is 0.252 e. The van der Waals surface area contributed by atoms with Gasteiger partial charge in [0, 0.05) is 26.2 Å². The first-order chi connectivity index (χ1) is 8.89. The Bertz CT molecular complexity index is 519. The van der Waals surface area contributed by atoms with Gasteiger partial charge in [-0.1, -0.05) is 13.8 Å². The summed E-state index contributed by atoms with van der Waals surface area (Å²) in [6, 6.07) is 2.44. The average molecular weight is 302 g/mol. The minimum atomic E-state index is -3.31. The van der Waals surface area contributed by atoms with Crippen LogP contribution in [0.1, 0.15) is 32.3 Å². The van der Waals surface area contributed by atoms with Crippen molar-refractivity contribution >= 4 is 21.4 Å². The molecule has 19 heavy (non-hydrogen) atoms. The third-order valence-corrected chi connectivity index (χ3v) is 6.38. The van der Waals surface area contributed by atoms with Crippen LogP contribution in [0.4, 0.5) is 0 Å². The number of nitrogens with zero attached hydrogens (tertiary/aromatic N) is 1. The molecule has 0 amide bonds. The molecule has 0 bridgehead atoms. The number of rotatable bonds is 7. The monoisotopic (exact) mass is 302 g/mol. The highest BCUT2D eigenvalue weighted by molar-refractivity contribution is 7.91. The van der Waals surface area contributed by atoms with Gasteiger partial charge >= 0.3 is 0 Å². The van der Waals surface area contributed by atoms with Crippen molar-refractivity contribution in [2.24, 2.45) is 5.92 Å². The molecule has 1 aliphatic rings. The minimum Gasteiger partial charge on any atom is -0.310 e. The summed E-state index contributed by atoms with van der Waals surface area (Å²) in [7, 11) is -1.66. The van der Waals surface area contributed by atoms with Gasteiger partial charge in [-0.15, -0.1) is 11.3 Å². The molecule has 0 aromatic carbocycles. The van der Waals surface area contributed by atoms with E-state index in [0.29, 0.717) is 22.7 Å². The van der Waals surface area contributed by atoms with Gasteiger partial charge in [-0.3, -0.25) is 0 Å². The molecule has 0 unspecified atom stereocenters. The maximum absolute atomic E-state index is 12.3. The van der Waals surface area contributed by atoms with E-state index in [9.17, 15) is 8.42 Å². The van der Waals surface area contributed by atoms with E-state index in [2.05, 4.69) is 5.32 Å². The molecule has 1 N–H and O–H groups in total. The van der Waals surface area contributed by atoms with Gasteiger partial charge in [0.1, 0.15) is 4.21 Å². The van der Waals surface area contributed by atoms with Crippen LogP contribution in [-0.2, 0) is 16.6 Å². The van der Waals surface area contributed by atoms with E-state index in [0.717, 1.165) is 12.1 Å². The summed E-state index contributed by atoms with van der Waals surface area (Å²) in [5, 5.41) is 5.33. The van der Waals surface area contributed by atoms with Crippen LogP contribution in [0.2, 0.25) is 0 Å². The fourth-order valence-corrected chi connectivity index (χ4v) is 4.65. The summed E-state index contributed by atoms with van der Waals surface area (Å²) in [5.41, 5.74) is 1.06. The van der Waals surface area contributed by atoms with E-state index in [4.69, 9.17) is 0 Å². The van der Waals surface area contributed by atoms with E-state index < -0.39 is 10.0 Å². The molecule has 108 valence electrons. The molecule has 1 fully saturated rings. The van der Waals surface area contributed by atoms with Gasteiger partial charge in [0.15, 0.2) is 0 Å². The van der Waals surface area contributed by atoms with Crippen molar-refractivity contribution in [1.29, 1.82) is 0 Å². The zero-order valence-corrected chi connectivity index (χ0v) is 13.4. The van der Waals surface area contributed by atoms with Crippen molar-refractivity contribution in [2.45, 2.75) is 43.5 Å². The topological polar surface area (TPSA) is 49.4 Å². The summed E-state index contributed by atoms with van der Waals surface area (Å²) in [6.07, 6.45) is 2.48. The molecular weight excluding hydrogens is 280 g/mol. The third-order valence-electron chi connectivity index (χ3n) is 3.09. The van der Waals surface area contributed by atoms with E-state index in [1.807, 2.05) is 19.2 Å². The summed E-state index contributed by atoms with van der Waals surface area (Å²) in [4.78, 5) is 0. The lowest BCUT2D eigenvalue weighted by Crippen LogP contribution is -2.29. The van der Waals surface area contributed by atoms with Crippen LogP contribution in [0.25, 0.3) is 0 Å². The lowest BCUT2D eigenvalue weighted by Gasteiger charge is -2.17. The van der Waals surface area contributed by atoms with E-state index in [1.54, 1.807) is 13.1 Å². The Balaban J connectivity index is 2.02. The summed E-state index contributed by atoms with van der Waals surface area (Å²) in [6.45, 7) is 5.36. The van der Waals surface area contributed by atoms with Gasteiger partial charge in [-0.2, -0.15) is 4.31 Å². The van der Waals surface area contributed by atoms with Crippen LogP contribution in [0.15, 0.2) is 15.7 Å². The molecule has 1 aromatic heterocycles. The molecule has 4 nitrogen and oxygen atoms in total. The molecule has 0 spiro atoms. The highest BCUT2D eigenvalue weighted by Crippen LogP contribution is 2.25. The van der Waals surface area contributed by atoms with Crippen molar-refractivity contribution in [2.75, 3.05) is 13.6 Å². The van der Waals surface area contributed by atoms with Crippen LogP contribution in [0.3, 0.4) is 0 Å². The molecule has 6 heteroatoms. The molecule has 0 aliphatic heterocycles. The fraction of sp³-hybridized carbons (Fsp3) is 0.692. The van der Waals surface area contributed by atoms with E-state index in [1.165, 1.54) is 28.5 Å². The van der Waals surface area contributed by atoms with Crippen LogP contribution >= 0.6 is 11.3 Å². The highest BCUT2D eigenvalue weighted by atomic mass is 32.2. The number of sulfonamides is 1. The van der Waals surface area contributed by atoms with Crippen molar-refractivity contribution in [3.05, 3.63) is 17.0 Å². The van der Waals surface area contributed by atoms with Crippen LogP contribution in [0, 0.1) is 5.92 Å². The van der Waals surface area contributed by atoms with Crippen molar-refractivity contribution in [1.82, 2.24) is 9.62 Å². The Morgan fingerprint density at radius 1 is 1.47 bits per heavy atom. The van der Waals surface area contributed by atoms with Crippen LogP contribution < -0.4 is 5.32 Å². The molecule has 1 saturated carbocycles. The molecule has 1 aromatic rings. The molecule has 1 aliphatic carbocycles. The van der Waals surface area contributed by atoms with Crippen LogP contribution in [-0.4, -0.2) is 32.4 Å². The molecule has 0 atom stereocenters. The largest absolute Gasteiger partial charge is 0.310 e. The van der Waals surface area contributed by atoms with Gasteiger partial charge < -0.3 is 5.32 Å². The molecule has 1 heterocycles. The zero-order valence-electron chi connectivity index (χ0n) is 11.7. The second-order valence-electron chi connectivity index (χ2n) is 5.61. The van der Waals surface area contributed by atoms with E-state index in [-0.39, 0.29) is 0 Å². The lowest BCUT2D eigenvalue weighted by molar-refractivity contribution is 0.418. The SMILES string of the molecule is CC(C)CN(C)S(=O)(=O)c1cc(CNC2CC2)cs1. The van der Waals surface area contributed by atoms with Crippen molar-refractivity contribution in [3.8, 4) is 0 Å². The standard InChI is InChI=1S/C13H22N2O2S2/c1-10(2)8-15(3)19(16,17)13-6-11(9-18-13)7-14-12-4-5-12/h6,9-10,12,14H,4-5,7-8H2,1-3H3. The molecular formula is C13H22N2O2S2. The van der Waals surface area contributed by atoms with Crippen LogP contribution in [0.5, 0.6) is 0 Å². The number of thiophene rings is 1. The highest BCUT2D eigenvalue weighted by Gasteiger charge is 2.24. The summed E-state index contributed by atoms with van der Waals surface area (Å²) in [5.74, 6) is 0.329. The quantitative estimate of drug-likeness (QED) is 0.840. The predicted molar refractivity (Wildman–Crippen MR) is 78.8 cm³/mol. The van der Waals surface area contributed by atoms with E-state index >= 15 is 0 Å². The number of hydrogen-bond donors (Lipinski definition) is 1. The Morgan fingerprint density at radius 2 is 2.16 bits per heavy atom.